The average Bonchev–Trinajstić information content (AvgIpc) is 2.37. The maximum absolute atomic E-state index is 12.1. The van der Waals surface area contributed by atoms with Gasteiger partial charge in [0.05, 0.1) is 18.7 Å². The lowest BCUT2D eigenvalue weighted by Crippen LogP contribution is -2.51. The van der Waals surface area contributed by atoms with E-state index in [4.69, 9.17) is 4.74 Å². The minimum Gasteiger partial charge on any atom is -0.380 e. The van der Waals surface area contributed by atoms with Gasteiger partial charge >= 0.3 is 0 Å². The largest absolute Gasteiger partial charge is 0.380 e. The summed E-state index contributed by atoms with van der Waals surface area (Å²) in [7, 11) is 1.72. The molecule has 1 saturated heterocycles. The van der Waals surface area contributed by atoms with E-state index in [2.05, 4.69) is 17.1 Å². The van der Waals surface area contributed by atoms with Crippen molar-refractivity contribution < 1.29 is 14.3 Å². The van der Waals surface area contributed by atoms with E-state index in [1.54, 1.807) is 7.11 Å². The number of hydrogen-bond donors (Lipinski definition) is 1. The Morgan fingerprint density at radius 3 is 2.55 bits per heavy atom. The van der Waals surface area contributed by atoms with Gasteiger partial charge in [-0.3, -0.25) is 14.5 Å². The summed E-state index contributed by atoms with van der Waals surface area (Å²) in [5, 5.41) is 2.84. The fourth-order valence-electron chi connectivity index (χ4n) is 2.71. The van der Waals surface area contributed by atoms with Gasteiger partial charge in [0, 0.05) is 13.7 Å². The fourth-order valence-corrected chi connectivity index (χ4v) is 2.71. The lowest BCUT2D eigenvalue weighted by atomic mass is 9.96. The van der Waals surface area contributed by atoms with Crippen LogP contribution in [0, 0.1) is 11.8 Å². The average molecular weight is 284 g/mol. The molecule has 3 atom stereocenters. The number of amides is 1. The Balaban J connectivity index is 2.48. The molecule has 5 heteroatoms. The second-order valence-corrected chi connectivity index (χ2v) is 6.18. The van der Waals surface area contributed by atoms with Crippen molar-refractivity contribution in [1.82, 2.24) is 10.2 Å². The molecule has 1 fully saturated rings. The molecule has 0 radical (unpaired) electrons. The van der Waals surface area contributed by atoms with Gasteiger partial charge in [0.15, 0.2) is 5.78 Å². The van der Waals surface area contributed by atoms with Gasteiger partial charge < -0.3 is 10.1 Å². The second kappa shape index (κ2) is 7.74. The number of ether oxygens (including phenoxy) is 1. The zero-order valence-corrected chi connectivity index (χ0v) is 13.3. The third-order valence-electron chi connectivity index (χ3n) is 4.06. The number of ketones is 1. The van der Waals surface area contributed by atoms with Crippen LogP contribution in [-0.2, 0) is 14.3 Å². The third-order valence-corrected chi connectivity index (χ3v) is 4.06. The molecule has 1 rings (SSSR count). The molecule has 0 aromatic rings. The van der Waals surface area contributed by atoms with Crippen molar-refractivity contribution in [3.05, 3.63) is 0 Å². The highest BCUT2D eigenvalue weighted by Gasteiger charge is 2.28. The van der Waals surface area contributed by atoms with Gasteiger partial charge in [-0.15, -0.1) is 0 Å². The van der Waals surface area contributed by atoms with Crippen molar-refractivity contribution >= 4 is 11.7 Å². The molecule has 0 spiro atoms. The molecule has 0 aliphatic carbocycles. The van der Waals surface area contributed by atoms with Crippen LogP contribution >= 0.6 is 0 Å². The summed E-state index contributed by atoms with van der Waals surface area (Å²) in [4.78, 5) is 25.7. The molecule has 0 bridgehead atoms. The Morgan fingerprint density at radius 2 is 2.05 bits per heavy atom. The van der Waals surface area contributed by atoms with Crippen molar-refractivity contribution in [2.75, 3.05) is 26.7 Å². The van der Waals surface area contributed by atoms with Crippen LogP contribution in [0.25, 0.3) is 0 Å². The molecule has 0 aromatic carbocycles. The maximum atomic E-state index is 12.1. The summed E-state index contributed by atoms with van der Waals surface area (Å²) in [5.74, 6) is 0.572. The van der Waals surface area contributed by atoms with E-state index in [1.165, 1.54) is 6.92 Å². The van der Waals surface area contributed by atoms with Gasteiger partial charge in [0.25, 0.3) is 0 Å². The van der Waals surface area contributed by atoms with Crippen LogP contribution in [0.5, 0.6) is 0 Å². The number of nitrogens with zero attached hydrogens (tertiary/aromatic N) is 1. The van der Waals surface area contributed by atoms with Crippen LogP contribution in [0.4, 0.5) is 0 Å². The first-order valence-electron chi connectivity index (χ1n) is 7.40. The van der Waals surface area contributed by atoms with E-state index in [1.807, 2.05) is 13.8 Å². The van der Waals surface area contributed by atoms with Crippen LogP contribution in [0.2, 0.25) is 0 Å². The number of piperidine rings is 1. The molecule has 1 aliphatic rings. The van der Waals surface area contributed by atoms with E-state index < -0.39 is 0 Å². The smallest absolute Gasteiger partial charge is 0.234 e. The quantitative estimate of drug-likeness (QED) is 0.793. The highest BCUT2D eigenvalue weighted by atomic mass is 16.5. The summed E-state index contributed by atoms with van der Waals surface area (Å²) in [5.41, 5.74) is 0. The minimum atomic E-state index is -0.385. The Morgan fingerprint density at radius 1 is 1.40 bits per heavy atom. The number of rotatable bonds is 6. The monoisotopic (exact) mass is 284 g/mol. The first kappa shape index (κ1) is 17.1. The standard InChI is InChI=1S/C15H28N2O3/c1-10(2)15(12(4)18)16-14(19)9-17-7-6-11(3)13(8-17)20-5/h10-11,13,15H,6-9H2,1-5H3,(H,16,19). The summed E-state index contributed by atoms with van der Waals surface area (Å²) in [6, 6.07) is -0.385. The summed E-state index contributed by atoms with van der Waals surface area (Å²) < 4.78 is 5.45. The van der Waals surface area contributed by atoms with Gasteiger partial charge in [-0.1, -0.05) is 20.8 Å². The lowest BCUT2D eigenvalue weighted by Gasteiger charge is -2.36. The molecule has 0 saturated carbocycles. The predicted octanol–water partition coefficient (Wildman–Crippen LogP) is 1.07. The van der Waals surface area contributed by atoms with Crippen molar-refractivity contribution in [2.45, 2.75) is 46.3 Å². The van der Waals surface area contributed by atoms with Crippen LogP contribution in [0.1, 0.15) is 34.1 Å². The molecular weight excluding hydrogens is 256 g/mol. The Kier molecular flexibility index (Phi) is 6.62. The van der Waals surface area contributed by atoms with Crippen LogP contribution in [0.15, 0.2) is 0 Å². The molecule has 116 valence electrons. The molecule has 1 N–H and O–H groups in total. The van der Waals surface area contributed by atoms with E-state index in [0.717, 1.165) is 19.5 Å². The Labute approximate surface area is 122 Å². The number of carbonyl (C=O) groups is 2. The molecule has 3 unspecified atom stereocenters. The Bertz CT molecular complexity index is 344. The highest BCUT2D eigenvalue weighted by Crippen LogP contribution is 2.19. The molecule has 5 nitrogen and oxygen atoms in total. The zero-order valence-electron chi connectivity index (χ0n) is 13.3. The SMILES string of the molecule is COC1CN(CC(=O)NC(C(C)=O)C(C)C)CCC1C. The first-order valence-corrected chi connectivity index (χ1v) is 7.40. The van der Waals surface area contributed by atoms with Crippen LogP contribution in [-0.4, -0.2) is 55.5 Å². The molecule has 1 amide bonds. The van der Waals surface area contributed by atoms with E-state index in [0.29, 0.717) is 12.5 Å². The summed E-state index contributed by atoms with van der Waals surface area (Å²) in [6.45, 7) is 9.60. The third kappa shape index (κ3) is 4.87. The first-order chi connectivity index (χ1) is 9.35. The number of methoxy groups -OCH3 is 1. The molecule has 1 heterocycles. The number of Topliss-reactive ketones (excluding diaryl/α,β-unsaturated/α-hetero) is 1. The second-order valence-electron chi connectivity index (χ2n) is 6.18. The number of hydrogen-bond acceptors (Lipinski definition) is 4. The van der Waals surface area contributed by atoms with Crippen LogP contribution < -0.4 is 5.32 Å². The predicted molar refractivity (Wildman–Crippen MR) is 78.5 cm³/mol. The highest BCUT2D eigenvalue weighted by molar-refractivity contribution is 5.88. The molecule has 0 aromatic heterocycles. The Hall–Kier alpha value is -0.940. The fraction of sp³-hybridized carbons (Fsp3) is 0.867. The van der Waals surface area contributed by atoms with Crippen molar-refractivity contribution in [3.63, 3.8) is 0 Å². The van der Waals surface area contributed by atoms with Crippen molar-refractivity contribution in [3.8, 4) is 0 Å². The number of likely N-dealkylation sites (tertiary alicyclic amines) is 1. The molecular formula is C15H28N2O3. The summed E-state index contributed by atoms with van der Waals surface area (Å²) in [6.07, 6.45) is 1.22. The lowest BCUT2D eigenvalue weighted by molar-refractivity contribution is -0.129. The van der Waals surface area contributed by atoms with Gasteiger partial charge in [0.2, 0.25) is 5.91 Å². The summed E-state index contributed by atoms with van der Waals surface area (Å²) >= 11 is 0. The molecule has 1 aliphatic heterocycles. The van der Waals surface area contributed by atoms with Crippen molar-refractivity contribution in [1.29, 1.82) is 0 Å². The van der Waals surface area contributed by atoms with E-state index >= 15 is 0 Å². The van der Waals surface area contributed by atoms with Crippen LogP contribution in [0.3, 0.4) is 0 Å². The van der Waals surface area contributed by atoms with Gasteiger partial charge in [0.1, 0.15) is 0 Å². The number of carbonyl (C=O) groups excluding carboxylic acids is 2. The van der Waals surface area contributed by atoms with E-state index in [-0.39, 0.29) is 29.8 Å². The van der Waals surface area contributed by atoms with Crippen molar-refractivity contribution in [2.24, 2.45) is 11.8 Å². The van der Waals surface area contributed by atoms with Gasteiger partial charge in [-0.05, 0) is 31.7 Å². The topological polar surface area (TPSA) is 58.6 Å². The molecule has 20 heavy (non-hydrogen) atoms. The minimum absolute atomic E-state index is 0.00962. The zero-order chi connectivity index (χ0) is 15.3. The number of nitrogens with one attached hydrogen (secondary N) is 1. The normalized spacial score (nSPS) is 25.5. The van der Waals surface area contributed by atoms with E-state index in [9.17, 15) is 9.59 Å². The maximum Gasteiger partial charge on any atom is 0.234 e. The van der Waals surface area contributed by atoms with Gasteiger partial charge in [-0.2, -0.15) is 0 Å². The van der Waals surface area contributed by atoms with Gasteiger partial charge in [-0.25, -0.2) is 0 Å².